The number of carbonyl (C=O) groups is 1. The Morgan fingerprint density at radius 2 is 2.17 bits per heavy atom. The van der Waals surface area contributed by atoms with Gasteiger partial charge >= 0.3 is 5.97 Å². The minimum Gasteiger partial charge on any atom is -0.496 e. The summed E-state index contributed by atoms with van der Waals surface area (Å²) in [5.41, 5.74) is 1.07. The molecule has 1 N–H and O–H groups in total. The highest BCUT2D eigenvalue weighted by atomic mass is 16.5. The molecule has 0 amide bonds. The van der Waals surface area contributed by atoms with Crippen LogP contribution >= 0.6 is 0 Å². The lowest BCUT2D eigenvalue weighted by Gasteiger charge is -2.19. The average molecular weight is 249 g/mol. The number of para-hydroxylation sites is 1. The Balaban J connectivity index is 2.23. The molecule has 1 saturated heterocycles. The highest BCUT2D eigenvalue weighted by Crippen LogP contribution is 2.34. The first kappa shape index (κ1) is 12.9. The number of carbonyl (C=O) groups excluding carboxylic acids is 1. The summed E-state index contributed by atoms with van der Waals surface area (Å²) >= 11 is 0. The SMILES string of the molecule is CCOC(=O)C1CNCC1c1ccccc1OC. The van der Waals surface area contributed by atoms with Crippen LogP contribution in [0.2, 0.25) is 0 Å². The lowest BCUT2D eigenvalue weighted by Crippen LogP contribution is -2.24. The number of esters is 1. The molecule has 0 aliphatic carbocycles. The van der Waals surface area contributed by atoms with E-state index in [-0.39, 0.29) is 17.8 Å². The van der Waals surface area contributed by atoms with Crippen molar-refractivity contribution in [1.29, 1.82) is 0 Å². The van der Waals surface area contributed by atoms with Crippen molar-refractivity contribution in [1.82, 2.24) is 5.32 Å². The Hall–Kier alpha value is -1.55. The number of ether oxygens (including phenoxy) is 2. The summed E-state index contributed by atoms with van der Waals surface area (Å²) in [6.45, 7) is 3.71. The maximum atomic E-state index is 11.9. The van der Waals surface area contributed by atoms with Gasteiger partial charge in [0.1, 0.15) is 5.75 Å². The third kappa shape index (κ3) is 2.48. The summed E-state index contributed by atoms with van der Waals surface area (Å²) in [5, 5.41) is 3.26. The molecule has 2 unspecified atom stereocenters. The average Bonchev–Trinajstić information content (AvgIpc) is 2.88. The summed E-state index contributed by atoms with van der Waals surface area (Å²) in [4.78, 5) is 11.9. The molecule has 0 bridgehead atoms. The first-order valence-corrected chi connectivity index (χ1v) is 6.28. The van der Waals surface area contributed by atoms with E-state index in [1.54, 1.807) is 7.11 Å². The van der Waals surface area contributed by atoms with Gasteiger partial charge in [-0.1, -0.05) is 18.2 Å². The number of benzene rings is 1. The second-order valence-corrected chi connectivity index (χ2v) is 4.37. The fraction of sp³-hybridized carbons (Fsp3) is 0.500. The van der Waals surface area contributed by atoms with Crippen LogP contribution in [0.3, 0.4) is 0 Å². The smallest absolute Gasteiger partial charge is 0.310 e. The number of hydrogen-bond acceptors (Lipinski definition) is 4. The van der Waals surface area contributed by atoms with E-state index in [4.69, 9.17) is 9.47 Å². The molecular formula is C14H19NO3. The Labute approximate surface area is 107 Å². The van der Waals surface area contributed by atoms with Crippen LogP contribution in [0.25, 0.3) is 0 Å². The molecule has 2 atom stereocenters. The van der Waals surface area contributed by atoms with E-state index in [9.17, 15) is 4.79 Å². The monoisotopic (exact) mass is 249 g/mol. The number of rotatable bonds is 4. The second kappa shape index (κ2) is 5.87. The number of methoxy groups -OCH3 is 1. The summed E-state index contributed by atoms with van der Waals surface area (Å²) in [5.74, 6) is 0.709. The van der Waals surface area contributed by atoms with E-state index in [1.165, 1.54) is 0 Å². The fourth-order valence-electron chi connectivity index (χ4n) is 2.48. The van der Waals surface area contributed by atoms with Crippen LogP contribution in [-0.4, -0.2) is 32.8 Å². The van der Waals surface area contributed by atoms with Crippen molar-refractivity contribution in [2.75, 3.05) is 26.8 Å². The predicted octanol–water partition coefficient (Wildman–Crippen LogP) is 1.56. The minimum absolute atomic E-state index is 0.124. The molecule has 1 aromatic rings. The third-order valence-corrected chi connectivity index (χ3v) is 3.34. The van der Waals surface area contributed by atoms with Gasteiger partial charge in [0.2, 0.25) is 0 Å². The van der Waals surface area contributed by atoms with Crippen molar-refractivity contribution in [3.8, 4) is 5.75 Å². The van der Waals surface area contributed by atoms with E-state index in [2.05, 4.69) is 5.32 Å². The van der Waals surface area contributed by atoms with Crippen LogP contribution < -0.4 is 10.1 Å². The summed E-state index contributed by atoms with van der Waals surface area (Å²) in [7, 11) is 1.65. The zero-order valence-corrected chi connectivity index (χ0v) is 10.8. The van der Waals surface area contributed by atoms with Gasteiger partial charge < -0.3 is 14.8 Å². The molecule has 0 aromatic heterocycles. The van der Waals surface area contributed by atoms with E-state index in [1.807, 2.05) is 31.2 Å². The zero-order valence-electron chi connectivity index (χ0n) is 10.8. The molecule has 1 heterocycles. The van der Waals surface area contributed by atoms with Crippen molar-refractivity contribution in [2.24, 2.45) is 5.92 Å². The highest BCUT2D eigenvalue weighted by molar-refractivity contribution is 5.75. The Morgan fingerprint density at radius 3 is 2.89 bits per heavy atom. The van der Waals surface area contributed by atoms with Crippen LogP contribution in [0.5, 0.6) is 5.75 Å². The first-order chi connectivity index (χ1) is 8.77. The molecule has 1 fully saturated rings. The van der Waals surface area contributed by atoms with Crippen LogP contribution in [0.4, 0.5) is 0 Å². The highest BCUT2D eigenvalue weighted by Gasteiger charge is 2.36. The quantitative estimate of drug-likeness (QED) is 0.823. The number of nitrogens with one attached hydrogen (secondary N) is 1. The molecule has 0 spiro atoms. The molecule has 1 aliphatic rings. The minimum atomic E-state index is -0.126. The molecule has 1 aliphatic heterocycles. The molecular weight excluding hydrogens is 230 g/mol. The lowest BCUT2D eigenvalue weighted by molar-refractivity contribution is -0.147. The molecule has 4 heteroatoms. The van der Waals surface area contributed by atoms with Crippen molar-refractivity contribution in [2.45, 2.75) is 12.8 Å². The maximum absolute atomic E-state index is 11.9. The second-order valence-electron chi connectivity index (χ2n) is 4.37. The van der Waals surface area contributed by atoms with Crippen LogP contribution in [-0.2, 0) is 9.53 Å². The standard InChI is InChI=1S/C14H19NO3/c1-3-18-14(16)12-9-15-8-11(12)10-6-4-5-7-13(10)17-2/h4-7,11-12,15H,3,8-9H2,1-2H3. The van der Waals surface area contributed by atoms with Gasteiger partial charge in [-0.2, -0.15) is 0 Å². The van der Waals surface area contributed by atoms with Crippen molar-refractivity contribution in [3.05, 3.63) is 29.8 Å². The van der Waals surface area contributed by atoms with Gasteiger partial charge in [-0.15, -0.1) is 0 Å². The molecule has 98 valence electrons. The lowest BCUT2D eigenvalue weighted by atomic mass is 9.88. The van der Waals surface area contributed by atoms with Crippen LogP contribution in [0.1, 0.15) is 18.4 Å². The topological polar surface area (TPSA) is 47.6 Å². The van der Waals surface area contributed by atoms with E-state index < -0.39 is 0 Å². The summed E-state index contributed by atoms with van der Waals surface area (Å²) in [6.07, 6.45) is 0. The number of hydrogen-bond donors (Lipinski definition) is 1. The van der Waals surface area contributed by atoms with Crippen molar-refractivity contribution >= 4 is 5.97 Å². The van der Waals surface area contributed by atoms with Gasteiger partial charge in [0.05, 0.1) is 19.6 Å². The summed E-state index contributed by atoms with van der Waals surface area (Å²) < 4.78 is 10.5. The Bertz CT molecular complexity index is 419. The Morgan fingerprint density at radius 1 is 1.39 bits per heavy atom. The first-order valence-electron chi connectivity index (χ1n) is 6.28. The zero-order chi connectivity index (χ0) is 13.0. The largest absolute Gasteiger partial charge is 0.496 e. The molecule has 0 radical (unpaired) electrons. The van der Waals surface area contributed by atoms with Crippen molar-refractivity contribution < 1.29 is 14.3 Å². The molecule has 4 nitrogen and oxygen atoms in total. The normalized spacial score (nSPS) is 22.8. The molecule has 18 heavy (non-hydrogen) atoms. The van der Waals surface area contributed by atoms with E-state index in [0.29, 0.717) is 13.2 Å². The van der Waals surface area contributed by atoms with Crippen LogP contribution in [0.15, 0.2) is 24.3 Å². The predicted molar refractivity (Wildman–Crippen MR) is 68.7 cm³/mol. The molecule has 0 saturated carbocycles. The fourth-order valence-corrected chi connectivity index (χ4v) is 2.48. The van der Waals surface area contributed by atoms with Gasteiger partial charge in [0, 0.05) is 19.0 Å². The van der Waals surface area contributed by atoms with E-state index >= 15 is 0 Å². The van der Waals surface area contributed by atoms with E-state index in [0.717, 1.165) is 17.9 Å². The van der Waals surface area contributed by atoms with Gasteiger partial charge in [-0.05, 0) is 18.6 Å². The maximum Gasteiger partial charge on any atom is 0.310 e. The van der Waals surface area contributed by atoms with Gasteiger partial charge in [0.15, 0.2) is 0 Å². The van der Waals surface area contributed by atoms with Crippen LogP contribution in [0, 0.1) is 5.92 Å². The molecule has 2 rings (SSSR count). The van der Waals surface area contributed by atoms with Gasteiger partial charge in [0.25, 0.3) is 0 Å². The Kier molecular flexibility index (Phi) is 4.20. The third-order valence-electron chi connectivity index (χ3n) is 3.34. The van der Waals surface area contributed by atoms with Crippen molar-refractivity contribution in [3.63, 3.8) is 0 Å². The summed E-state index contributed by atoms with van der Waals surface area (Å²) in [6, 6.07) is 7.85. The van der Waals surface area contributed by atoms with Gasteiger partial charge in [-0.25, -0.2) is 0 Å². The molecule has 1 aromatic carbocycles. The van der Waals surface area contributed by atoms with Gasteiger partial charge in [-0.3, -0.25) is 4.79 Å².